The Bertz CT molecular complexity index is 476. The number of carbonyl (C=O) groups is 2. The van der Waals surface area contributed by atoms with Gasteiger partial charge in [-0.1, -0.05) is 19.1 Å². The number of hydrogen-bond donors (Lipinski definition) is 1. The van der Waals surface area contributed by atoms with Gasteiger partial charge in [-0.2, -0.15) is 0 Å². The zero-order valence-electron chi connectivity index (χ0n) is 11.3. The van der Waals surface area contributed by atoms with Crippen LogP contribution in [0.5, 0.6) is 0 Å². The molecule has 0 saturated heterocycles. The Morgan fingerprint density at radius 1 is 1.37 bits per heavy atom. The van der Waals surface area contributed by atoms with Crippen LogP contribution in [-0.4, -0.2) is 35.0 Å². The first-order valence-corrected chi connectivity index (χ1v) is 6.07. The molecule has 0 aliphatic carbocycles. The van der Waals surface area contributed by atoms with Gasteiger partial charge in [0.1, 0.15) is 11.9 Å². The smallest absolute Gasteiger partial charge is 0.326 e. The molecule has 0 aliphatic heterocycles. The molecule has 0 aliphatic rings. The van der Waals surface area contributed by atoms with Gasteiger partial charge in [0.15, 0.2) is 0 Å². The molecule has 5 heteroatoms. The number of hydrogen-bond acceptors (Lipinski definition) is 2. The molecule has 0 spiro atoms. The molecule has 1 aromatic carbocycles. The zero-order chi connectivity index (χ0) is 14.6. The summed E-state index contributed by atoms with van der Waals surface area (Å²) in [6.45, 7) is 3.26. The molecular weight excluding hydrogens is 249 g/mol. The molecule has 0 radical (unpaired) electrons. The molecule has 1 N–H and O–H groups in total. The van der Waals surface area contributed by atoms with Gasteiger partial charge in [0, 0.05) is 13.5 Å². The molecule has 1 aromatic rings. The molecule has 0 saturated carbocycles. The SMILES string of the molecule is CC(CC(=O)N(C)C(C)C(=O)O)c1cccc(F)c1. The lowest BCUT2D eigenvalue weighted by Crippen LogP contribution is -2.40. The van der Waals surface area contributed by atoms with E-state index >= 15 is 0 Å². The van der Waals surface area contributed by atoms with Gasteiger partial charge in [-0.25, -0.2) is 9.18 Å². The topological polar surface area (TPSA) is 57.6 Å². The van der Waals surface area contributed by atoms with Crippen molar-refractivity contribution in [2.45, 2.75) is 32.2 Å². The van der Waals surface area contributed by atoms with Crippen molar-refractivity contribution in [2.24, 2.45) is 0 Å². The fraction of sp³-hybridized carbons (Fsp3) is 0.429. The van der Waals surface area contributed by atoms with Crippen LogP contribution in [0.25, 0.3) is 0 Å². The summed E-state index contributed by atoms with van der Waals surface area (Å²) < 4.78 is 13.1. The largest absolute Gasteiger partial charge is 0.480 e. The van der Waals surface area contributed by atoms with E-state index < -0.39 is 12.0 Å². The van der Waals surface area contributed by atoms with Gasteiger partial charge in [-0.3, -0.25) is 4.79 Å². The van der Waals surface area contributed by atoms with E-state index in [4.69, 9.17) is 5.11 Å². The minimum absolute atomic E-state index is 0.150. The summed E-state index contributed by atoms with van der Waals surface area (Å²) in [7, 11) is 1.46. The van der Waals surface area contributed by atoms with Gasteiger partial charge in [-0.15, -0.1) is 0 Å². The van der Waals surface area contributed by atoms with Crippen LogP contribution in [0.4, 0.5) is 4.39 Å². The summed E-state index contributed by atoms with van der Waals surface area (Å²) in [6, 6.07) is 5.21. The van der Waals surface area contributed by atoms with Gasteiger partial charge in [0.25, 0.3) is 0 Å². The van der Waals surface area contributed by atoms with E-state index in [0.717, 1.165) is 5.56 Å². The number of carboxylic acid groups (broad SMARTS) is 1. The van der Waals surface area contributed by atoms with E-state index in [1.165, 1.54) is 31.0 Å². The Morgan fingerprint density at radius 3 is 2.53 bits per heavy atom. The van der Waals surface area contributed by atoms with Crippen LogP contribution in [-0.2, 0) is 9.59 Å². The van der Waals surface area contributed by atoms with Gasteiger partial charge in [-0.05, 0) is 30.5 Å². The van der Waals surface area contributed by atoms with Crippen LogP contribution in [0.2, 0.25) is 0 Å². The Hall–Kier alpha value is -1.91. The first-order valence-electron chi connectivity index (χ1n) is 6.07. The highest BCUT2D eigenvalue weighted by molar-refractivity contribution is 5.83. The molecule has 19 heavy (non-hydrogen) atoms. The van der Waals surface area contributed by atoms with Crippen LogP contribution < -0.4 is 0 Å². The van der Waals surface area contributed by atoms with Crippen LogP contribution in [0.15, 0.2) is 24.3 Å². The molecule has 4 nitrogen and oxygen atoms in total. The maximum atomic E-state index is 13.1. The van der Waals surface area contributed by atoms with Crippen molar-refractivity contribution in [3.05, 3.63) is 35.6 Å². The van der Waals surface area contributed by atoms with E-state index in [1.807, 2.05) is 6.92 Å². The van der Waals surface area contributed by atoms with Gasteiger partial charge >= 0.3 is 5.97 Å². The number of carboxylic acids is 1. The molecule has 1 rings (SSSR count). The average molecular weight is 267 g/mol. The monoisotopic (exact) mass is 267 g/mol. The third kappa shape index (κ3) is 4.05. The Kier molecular flexibility index (Phi) is 5.03. The lowest BCUT2D eigenvalue weighted by atomic mass is 9.97. The Balaban J connectivity index is 2.69. The lowest BCUT2D eigenvalue weighted by molar-refractivity contribution is -0.148. The van der Waals surface area contributed by atoms with E-state index in [1.54, 1.807) is 12.1 Å². The molecule has 0 bridgehead atoms. The Labute approximate surface area is 111 Å². The highest BCUT2D eigenvalue weighted by Crippen LogP contribution is 2.20. The molecule has 2 atom stereocenters. The second kappa shape index (κ2) is 6.31. The first kappa shape index (κ1) is 15.1. The summed E-state index contributed by atoms with van der Waals surface area (Å²) in [5, 5.41) is 8.85. The molecule has 1 amide bonds. The molecule has 2 unspecified atom stereocenters. The average Bonchev–Trinajstić information content (AvgIpc) is 2.36. The lowest BCUT2D eigenvalue weighted by Gasteiger charge is -2.23. The van der Waals surface area contributed by atoms with Crippen LogP contribution in [0.1, 0.15) is 31.7 Å². The first-order chi connectivity index (χ1) is 8.82. The molecule has 104 valence electrons. The fourth-order valence-electron chi connectivity index (χ4n) is 1.72. The molecule has 0 heterocycles. The van der Waals surface area contributed by atoms with Gasteiger partial charge < -0.3 is 10.0 Å². The van der Waals surface area contributed by atoms with Gasteiger partial charge in [0.05, 0.1) is 0 Å². The second-order valence-electron chi connectivity index (χ2n) is 4.68. The number of rotatable bonds is 5. The van der Waals surface area contributed by atoms with Crippen molar-refractivity contribution < 1.29 is 19.1 Å². The van der Waals surface area contributed by atoms with Crippen LogP contribution >= 0.6 is 0 Å². The quantitative estimate of drug-likeness (QED) is 0.890. The number of halogens is 1. The normalized spacial score (nSPS) is 13.7. The Morgan fingerprint density at radius 2 is 2.00 bits per heavy atom. The van der Waals surface area contributed by atoms with E-state index in [2.05, 4.69) is 0 Å². The second-order valence-corrected chi connectivity index (χ2v) is 4.68. The van der Waals surface area contributed by atoms with Crippen molar-refractivity contribution in [1.82, 2.24) is 4.90 Å². The summed E-state index contributed by atoms with van der Waals surface area (Å²) in [5.41, 5.74) is 0.727. The third-order valence-electron chi connectivity index (χ3n) is 3.23. The highest BCUT2D eigenvalue weighted by atomic mass is 19.1. The van der Waals surface area contributed by atoms with Crippen molar-refractivity contribution in [2.75, 3.05) is 7.05 Å². The standard InChI is InChI=1S/C14H18FNO3/c1-9(11-5-4-6-12(15)8-11)7-13(17)16(3)10(2)14(18)19/h4-6,8-10H,7H2,1-3H3,(H,18,19). The summed E-state index contributed by atoms with van der Waals surface area (Å²) in [4.78, 5) is 23.9. The maximum Gasteiger partial charge on any atom is 0.326 e. The molecule has 0 aromatic heterocycles. The summed E-state index contributed by atoms with van der Waals surface area (Å²) in [5.74, 6) is -1.82. The van der Waals surface area contributed by atoms with Crippen molar-refractivity contribution in [3.8, 4) is 0 Å². The minimum atomic E-state index is -1.05. The third-order valence-corrected chi connectivity index (χ3v) is 3.23. The predicted molar refractivity (Wildman–Crippen MR) is 69.3 cm³/mol. The van der Waals surface area contributed by atoms with Crippen LogP contribution in [0, 0.1) is 5.82 Å². The number of benzene rings is 1. The van der Waals surface area contributed by atoms with Crippen molar-refractivity contribution >= 4 is 11.9 Å². The van der Waals surface area contributed by atoms with Crippen LogP contribution in [0.3, 0.4) is 0 Å². The summed E-state index contributed by atoms with van der Waals surface area (Å²) >= 11 is 0. The highest BCUT2D eigenvalue weighted by Gasteiger charge is 2.23. The fourth-order valence-corrected chi connectivity index (χ4v) is 1.72. The zero-order valence-corrected chi connectivity index (χ0v) is 11.3. The van der Waals surface area contributed by atoms with E-state index in [0.29, 0.717) is 0 Å². The number of amides is 1. The minimum Gasteiger partial charge on any atom is -0.480 e. The summed E-state index contributed by atoms with van der Waals surface area (Å²) in [6.07, 6.45) is 0.150. The van der Waals surface area contributed by atoms with Crippen molar-refractivity contribution in [3.63, 3.8) is 0 Å². The number of nitrogens with zero attached hydrogens (tertiary/aromatic N) is 1. The number of aliphatic carboxylic acids is 1. The maximum absolute atomic E-state index is 13.1. The molecule has 0 fully saturated rings. The molecular formula is C14H18FNO3. The number of likely N-dealkylation sites (N-methyl/N-ethyl adjacent to an activating group) is 1. The van der Waals surface area contributed by atoms with Gasteiger partial charge in [0.2, 0.25) is 5.91 Å². The predicted octanol–water partition coefficient (Wildman–Crippen LogP) is 2.25. The van der Waals surface area contributed by atoms with E-state index in [-0.39, 0.29) is 24.1 Å². The number of carbonyl (C=O) groups excluding carboxylic acids is 1. The van der Waals surface area contributed by atoms with Crippen molar-refractivity contribution in [1.29, 1.82) is 0 Å². The van der Waals surface area contributed by atoms with E-state index in [9.17, 15) is 14.0 Å².